The van der Waals surface area contributed by atoms with Gasteiger partial charge in [0.2, 0.25) is 5.91 Å². The highest BCUT2D eigenvalue weighted by Crippen LogP contribution is 2.39. The molecule has 126 valence electrons. The fourth-order valence-corrected chi connectivity index (χ4v) is 3.70. The SMILES string of the molecule is CC1(C)CC(NC(=O)CCC2CCNCC2)c2ccccc2O1. The summed E-state index contributed by atoms with van der Waals surface area (Å²) in [7, 11) is 0. The molecule has 0 saturated carbocycles. The molecule has 1 atom stereocenters. The Morgan fingerprint density at radius 2 is 2.04 bits per heavy atom. The number of carbonyl (C=O) groups is 1. The van der Waals surface area contributed by atoms with E-state index in [0.29, 0.717) is 12.3 Å². The van der Waals surface area contributed by atoms with E-state index in [1.807, 2.05) is 18.2 Å². The Morgan fingerprint density at radius 1 is 1.30 bits per heavy atom. The molecule has 0 radical (unpaired) electrons. The summed E-state index contributed by atoms with van der Waals surface area (Å²) in [5.74, 6) is 1.76. The molecule has 3 rings (SSSR count). The van der Waals surface area contributed by atoms with Crippen LogP contribution in [0.15, 0.2) is 24.3 Å². The van der Waals surface area contributed by atoms with Crippen molar-refractivity contribution in [1.82, 2.24) is 10.6 Å². The molecule has 4 nitrogen and oxygen atoms in total. The zero-order valence-electron chi connectivity index (χ0n) is 14.2. The van der Waals surface area contributed by atoms with E-state index >= 15 is 0 Å². The van der Waals surface area contributed by atoms with E-state index < -0.39 is 0 Å². The van der Waals surface area contributed by atoms with Gasteiger partial charge in [-0.25, -0.2) is 0 Å². The van der Waals surface area contributed by atoms with Crippen LogP contribution >= 0.6 is 0 Å². The monoisotopic (exact) mass is 316 g/mol. The number of ether oxygens (including phenoxy) is 1. The Labute approximate surface area is 139 Å². The van der Waals surface area contributed by atoms with Crippen LogP contribution in [0.3, 0.4) is 0 Å². The van der Waals surface area contributed by atoms with Gasteiger partial charge in [-0.2, -0.15) is 0 Å². The lowest BCUT2D eigenvalue weighted by molar-refractivity contribution is -0.122. The lowest BCUT2D eigenvalue weighted by atomic mass is 9.89. The van der Waals surface area contributed by atoms with E-state index in [9.17, 15) is 4.79 Å². The van der Waals surface area contributed by atoms with E-state index in [1.165, 1.54) is 12.8 Å². The van der Waals surface area contributed by atoms with Crippen molar-refractivity contribution in [2.24, 2.45) is 5.92 Å². The van der Waals surface area contributed by atoms with Crippen LogP contribution in [0, 0.1) is 5.92 Å². The molecule has 2 N–H and O–H groups in total. The number of para-hydroxylation sites is 1. The third-order valence-corrected chi connectivity index (χ3v) is 4.95. The number of amides is 1. The van der Waals surface area contributed by atoms with E-state index in [0.717, 1.165) is 37.2 Å². The summed E-state index contributed by atoms with van der Waals surface area (Å²) in [5, 5.41) is 6.61. The van der Waals surface area contributed by atoms with Crippen molar-refractivity contribution < 1.29 is 9.53 Å². The number of nitrogens with one attached hydrogen (secondary N) is 2. The molecule has 0 aliphatic carbocycles. The van der Waals surface area contributed by atoms with Crippen LogP contribution in [-0.2, 0) is 4.79 Å². The van der Waals surface area contributed by atoms with Crippen LogP contribution in [0.25, 0.3) is 0 Å². The molecule has 0 spiro atoms. The first kappa shape index (κ1) is 16.3. The maximum absolute atomic E-state index is 12.4. The summed E-state index contributed by atoms with van der Waals surface area (Å²) in [6.45, 7) is 6.34. The predicted molar refractivity (Wildman–Crippen MR) is 91.5 cm³/mol. The maximum atomic E-state index is 12.4. The molecule has 1 saturated heterocycles. The third kappa shape index (κ3) is 4.25. The number of fused-ring (bicyclic) bond motifs is 1. The molecule has 0 bridgehead atoms. The largest absolute Gasteiger partial charge is 0.487 e. The Kier molecular flexibility index (Phi) is 4.90. The highest BCUT2D eigenvalue weighted by molar-refractivity contribution is 5.76. The van der Waals surface area contributed by atoms with Crippen molar-refractivity contribution >= 4 is 5.91 Å². The van der Waals surface area contributed by atoms with Gasteiger partial charge in [0.15, 0.2) is 0 Å². The number of rotatable bonds is 4. The second-order valence-corrected chi connectivity index (χ2v) is 7.46. The molecule has 2 aliphatic heterocycles. The van der Waals surface area contributed by atoms with Crippen molar-refractivity contribution in [3.8, 4) is 5.75 Å². The third-order valence-electron chi connectivity index (χ3n) is 4.95. The van der Waals surface area contributed by atoms with Crippen molar-refractivity contribution in [3.05, 3.63) is 29.8 Å². The molecule has 0 aromatic heterocycles. The van der Waals surface area contributed by atoms with Gasteiger partial charge in [-0.3, -0.25) is 4.79 Å². The van der Waals surface area contributed by atoms with Gasteiger partial charge in [-0.15, -0.1) is 0 Å². The van der Waals surface area contributed by atoms with Crippen LogP contribution < -0.4 is 15.4 Å². The van der Waals surface area contributed by atoms with Crippen molar-refractivity contribution in [2.75, 3.05) is 13.1 Å². The quantitative estimate of drug-likeness (QED) is 0.897. The zero-order valence-corrected chi connectivity index (χ0v) is 14.2. The fourth-order valence-electron chi connectivity index (χ4n) is 3.70. The number of benzene rings is 1. The first-order chi connectivity index (χ1) is 11.0. The lowest BCUT2D eigenvalue weighted by Gasteiger charge is -2.38. The maximum Gasteiger partial charge on any atom is 0.220 e. The highest BCUT2D eigenvalue weighted by atomic mass is 16.5. The predicted octanol–water partition coefficient (Wildman–Crippen LogP) is 3.18. The van der Waals surface area contributed by atoms with Crippen molar-refractivity contribution in [2.45, 2.75) is 57.6 Å². The smallest absolute Gasteiger partial charge is 0.220 e. The summed E-state index contributed by atoms with van der Waals surface area (Å²) in [6.07, 6.45) is 4.83. The van der Waals surface area contributed by atoms with Crippen LogP contribution in [0.5, 0.6) is 5.75 Å². The standard InChI is InChI=1S/C19H28N2O2/c1-19(2)13-16(15-5-3-4-6-17(15)23-19)21-18(22)8-7-14-9-11-20-12-10-14/h3-6,14,16,20H,7-13H2,1-2H3,(H,21,22). The molecule has 2 aliphatic rings. The zero-order chi connectivity index (χ0) is 16.3. The van der Waals surface area contributed by atoms with Crippen molar-refractivity contribution in [1.29, 1.82) is 0 Å². The molecule has 23 heavy (non-hydrogen) atoms. The molecule has 1 aromatic carbocycles. The van der Waals surface area contributed by atoms with E-state index in [4.69, 9.17) is 4.74 Å². The molecular weight excluding hydrogens is 288 g/mol. The number of piperidine rings is 1. The number of hydrogen-bond acceptors (Lipinski definition) is 3. The summed E-state index contributed by atoms with van der Waals surface area (Å²) in [6, 6.07) is 8.09. The highest BCUT2D eigenvalue weighted by Gasteiger charge is 2.34. The normalized spacial score (nSPS) is 23.7. The first-order valence-electron chi connectivity index (χ1n) is 8.81. The van der Waals surface area contributed by atoms with Gasteiger partial charge >= 0.3 is 0 Å². The van der Waals surface area contributed by atoms with Gasteiger partial charge in [-0.1, -0.05) is 18.2 Å². The minimum Gasteiger partial charge on any atom is -0.487 e. The molecule has 1 unspecified atom stereocenters. The molecule has 1 aromatic rings. The lowest BCUT2D eigenvalue weighted by Crippen LogP contribution is -2.41. The van der Waals surface area contributed by atoms with E-state index in [2.05, 4.69) is 30.5 Å². The fraction of sp³-hybridized carbons (Fsp3) is 0.632. The minimum absolute atomic E-state index is 0.0514. The van der Waals surface area contributed by atoms with Gasteiger partial charge in [0.05, 0.1) is 6.04 Å². The van der Waals surface area contributed by atoms with Crippen LogP contribution in [-0.4, -0.2) is 24.6 Å². The molecule has 2 heterocycles. The van der Waals surface area contributed by atoms with Crippen LogP contribution in [0.2, 0.25) is 0 Å². The Hall–Kier alpha value is -1.55. The van der Waals surface area contributed by atoms with Gasteiger partial charge in [0.25, 0.3) is 0 Å². The van der Waals surface area contributed by atoms with Gasteiger partial charge in [-0.05, 0) is 58.2 Å². The summed E-state index contributed by atoms with van der Waals surface area (Å²) in [5.41, 5.74) is 0.850. The van der Waals surface area contributed by atoms with E-state index in [-0.39, 0.29) is 17.6 Å². The summed E-state index contributed by atoms with van der Waals surface area (Å²) >= 11 is 0. The second kappa shape index (κ2) is 6.91. The Bertz CT molecular complexity index is 550. The van der Waals surface area contributed by atoms with E-state index in [1.54, 1.807) is 0 Å². The minimum atomic E-state index is -0.249. The summed E-state index contributed by atoms with van der Waals surface area (Å²) < 4.78 is 6.03. The second-order valence-electron chi connectivity index (χ2n) is 7.46. The average molecular weight is 316 g/mol. The molecule has 1 fully saturated rings. The topological polar surface area (TPSA) is 50.4 Å². The van der Waals surface area contributed by atoms with Crippen LogP contribution in [0.4, 0.5) is 0 Å². The first-order valence-corrected chi connectivity index (χ1v) is 8.81. The molecule has 4 heteroatoms. The van der Waals surface area contributed by atoms with Gasteiger partial charge in [0.1, 0.15) is 11.4 Å². The Morgan fingerprint density at radius 3 is 2.83 bits per heavy atom. The van der Waals surface area contributed by atoms with Gasteiger partial charge in [0, 0.05) is 18.4 Å². The Balaban J connectivity index is 1.59. The summed E-state index contributed by atoms with van der Waals surface area (Å²) in [4.78, 5) is 12.4. The molecule has 1 amide bonds. The van der Waals surface area contributed by atoms with Crippen molar-refractivity contribution in [3.63, 3.8) is 0 Å². The average Bonchev–Trinajstić information content (AvgIpc) is 2.53. The van der Waals surface area contributed by atoms with Crippen LogP contribution in [0.1, 0.15) is 57.6 Å². The molecular formula is C19H28N2O2. The van der Waals surface area contributed by atoms with Gasteiger partial charge < -0.3 is 15.4 Å². The number of hydrogen-bond donors (Lipinski definition) is 2. The number of carbonyl (C=O) groups excluding carboxylic acids is 1.